The lowest BCUT2D eigenvalue weighted by Crippen LogP contribution is -2.05. The van der Waals surface area contributed by atoms with E-state index in [4.69, 9.17) is 23.2 Å². The number of imidazole rings is 1. The predicted molar refractivity (Wildman–Crippen MR) is 93.7 cm³/mol. The van der Waals surface area contributed by atoms with E-state index in [2.05, 4.69) is 4.98 Å². The molecule has 7 heteroatoms. The molecule has 0 bridgehead atoms. The van der Waals surface area contributed by atoms with Crippen molar-refractivity contribution in [3.8, 4) is 0 Å². The second-order valence-electron chi connectivity index (χ2n) is 5.32. The summed E-state index contributed by atoms with van der Waals surface area (Å²) in [6.07, 6.45) is 5.53. The van der Waals surface area contributed by atoms with Gasteiger partial charge in [-0.15, -0.1) is 0 Å². The summed E-state index contributed by atoms with van der Waals surface area (Å²) in [7, 11) is 0. The molecule has 0 aliphatic rings. The highest BCUT2D eigenvalue weighted by molar-refractivity contribution is 6.35. The van der Waals surface area contributed by atoms with Crippen molar-refractivity contribution in [2.45, 2.75) is 13.0 Å². The highest BCUT2D eigenvalue weighted by Gasteiger charge is 2.19. The van der Waals surface area contributed by atoms with E-state index < -0.39 is 0 Å². The fourth-order valence-electron chi connectivity index (χ4n) is 2.58. The number of aromatic nitrogens is 2. The van der Waals surface area contributed by atoms with Crippen molar-refractivity contribution >= 4 is 28.9 Å². The van der Waals surface area contributed by atoms with Crippen molar-refractivity contribution in [1.29, 1.82) is 0 Å². The second-order valence-corrected chi connectivity index (χ2v) is 6.16. The summed E-state index contributed by atoms with van der Waals surface area (Å²) in [5.74, 6) is 0. The van der Waals surface area contributed by atoms with E-state index in [1.807, 2.05) is 16.8 Å². The summed E-state index contributed by atoms with van der Waals surface area (Å²) in [4.78, 5) is 15.1. The molecule has 1 aromatic heterocycles. The Kier molecular flexibility index (Phi) is 4.83. The van der Waals surface area contributed by atoms with Crippen LogP contribution in [0.3, 0.4) is 0 Å². The molecule has 2 aromatic carbocycles. The minimum atomic E-state index is -0.365. The fourth-order valence-corrected chi connectivity index (χ4v) is 3.05. The van der Waals surface area contributed by atoms with Crippen molar-refractivity contribution in [3.05, 3.63) is 92.0 Å². The lowest BCUT2D eigenvalue weighted by molar-refractivity contribution is -0.385. The van der Waals surface area contributed by atoms with Gasteiger partial charge in [-0.25, -0.2) is 4.98 Å². The van der Waals surface area contributed by atoms with E-state index in [-0.39, 0.29) is 10.6 Å². The zero-order chi connectivity index (χ0) is 17.1. The third kappa shape index (κ3) is 3.58. The number of nitro groups is 1. The summed E-state index contributed by atoms with van der Waals surface area (Å²) < 4.78 is 1.87. The molecule has 0 radical (unpaired) electrons. The summed E-state index contributed by atoms with van der Waals surface area (Å²) >= 11 is 12.2. The van der Waals surface area contributed by atoms with Crippen molar-refractivity contribution in [3.63, 3.8) is 0 Å². The summed E-state index contributed by atoms with van der Waals surface area (Å²) in [5, 5.41) is 12.5. The fraction of sp³-hybridized carbons (Fsp3) is 0.118. The molecule has 5 nitrogen and oxygen atoms in total. The lowest BCUT2D eigenvalue weighted by atomic mass is 9.97. The minimum absolute atomic E-state index is 0.0821. The van der Waals surface area contributed by atoms with Gasteiger partial charge in [-0.2, -0.15) is 0 Å². The van der Waals surface area contributed by atoms with Gasteiger partial charge in [-0.05, 0) is 23.3 Å². The van der Waals surface area contributed by atoms with Crippen LogP contribution in [0.25, 0.3) is 0 Å². The molecule has 0 fully saturated rings. The monoisotopic (exact) mass is 361 g/mol. The Morgan fingerprint density at radius 2 is 2.00 bits per heavy atom. The van der Waals surface area contributed by atoms with Crippen LogP contribution < -0.4 is 0 Å². The van der Waals surface area contributed by atoms with Crippen LogP contribution in [0.1, 0.15) is 16.7 Å². The maximum Gasteiger partial charge on any atom is 0.273 e. The van der Waals surface area contributed by atoms with Gasteiger partial charge in [0.15, 0.2) is 0 Å². The van der Waals surface area contributed by atoms with Crippen LogP contribution in [-0.2, 0) is 13.0 Å². The summed E-state index contributed by atoms with van der Waals surface area (Å²) in [6, 6.07) is 10.2. The van der Waals surface area contributed by atoms with Gasteiger partial charge in [-0.1, -0.05) is 41.4 Å². The lowest BCUT2D eigenvalue weighted by Gasteiger charge is -2.12. The molecule has 3 aromatic rings. The second kappa shape index (κ2) is 7.03. The predicted octanol–water partition coefficient (Wildman–Crippen LogP) is 4.74. The van der Waals surface area contributed by atoms with Crippen molar-refractivity contribution in [2.75, 3.05) is 0 Å². The van der Waals surface area contributed by atoms with Gasteiger partial charge >= 0.3 is 0 Å². The standard InChI is InChI=1S/C17H13Cl2N3O2/c18-14-5-4-12(16(19)9-14)8-15-13(10-21-7-6-20-11-21)2-1-3-17(15)22(23)24/h1-7,9,11H,8,10H2. The van der Waals surface area contributed by atoms with Crippen LogP contribution in [0, 0.1) is 10.1 Å². The van der Waals surface area contributed by atoms with E-state index in [0.29, 0.717) is 28.6 Å². The Balaban J connectivity index is 2.04. The Bertz CT molecular complexity index is 880. The minimum Gasteiger partial charge on any atom is -0.333 e. The number of nitro benzene ring substituents is 1. The van der Waals surface area contributed by atoms with Gasteiger partial charge in [0.1, 0.15) is 0 Å². The van der Waals surface area contributed by atoms with E-state index in [0.717, 1.165) is 11.1 Å². The van der Waals surface area contributed by atoms with Gasteiger partial charge in [0.05, 0.1) is 11.3 Å². The zero-order valence-corrected chi connectivity index (χ0v) is 14.0. The molecule has 0 aliphatic heterocycles. The molecule has 0 saturated carbocycles. The smallest absolute Gasteiger partial charge is 0.273 e. The zero-order valence-electron chi connectivity index (χ0n) is 12.5. The largest absolute Gasteiger partial charge is 0.333 e. The quantitative estimate of drug-likeness (QED) is 0.487. The van der Waals surface area contributed by atoms with Gasteiger partial charge in [-0.3, -0.25) is 10.1 Å². The van der Waals surface area contributed by atoms with E-state index >= 15 is 0 Å². The number of nitrogens with zero attached hydrogens (tertiary/aromatic N) is 3. The first-order chi connectivity index (χ1) is 11.5. The molecule has 0 unspecified atom stereocenters. The number of halogens is 2. The third-order valence-corrected chi connectivity index (χ3v) is 4.33. The summed E-state index contributed by atoms with van der Waals surface area (Å²) in [5.41, 5.74) is 2.37. The Morgan fingerprint density at radius 3 is 2.67 bits per heavy atom. The molecule has 122 valence electrons. The molecule has 0 N–H and O–H groups in total. The average molecular weight is 362 g/mol. The SMILES string of the molecule is O=[N+]([O-])c1cccc(Cn2ccnc2)c1Cc1ccc(Cl)cc1Cl. The van der Waals surface area contributed by atoms with E-state index in [9.17, 15) is 10.1 Å². The van der Waals surface area contributed by atoms with Gasteiger partial charge < -0.3 is 4.57 Å². The molecule has 0 saturated heterocycles. The topological polar surface area (TPSA) is 61.0 Å². The van der Waals surface area contributed by atoms with Crippen molar-refractivity contribution < 1.29 is 4.92 Å². The van der Waals surface area contributed by atoms with Crippen molar-refractivity contribution in [2.24, 2.45) is 0 Å². The number of hydrogen-bond acceptors (Lipinski definition) is 3. The van der Waals surface area contributed by atoms with E-state index in [1.165, 1.54) is 6.07 Å². The first-order valence-corrected chi connectivity index (χ1v) is 7.95. The molecule has 1 heterocycles. The maximum absolute atomic E-state index is 11.4. The maximum atomic E-state index is 11.4. The first-order valence-electron chi connectivity index (χ1n) is 7.19. The highest BCUT2D eigenvalue weighted by atomic mass is 35.5. The average Bonchev–Trinajstić information content (AvgIpc) is 3.04. The molecular formula is C17H13Cl2N3O2. The highest BCUT2D eigenvalue weighted by Crippen LogP contribution is 2.29. The molecule has 3 rings (SSSR count). The summed E-state index contributed by atoms with van der Waals surface area (Å²) in [6.45, 7) is 0.502. The normalized spacial score (nSPS) is 10.8. The number of hydrogen-bond donors (Lipinski definition) is 0. The van der Waals surface area contributed by atoms with Crippen LogP contribution in [0.15, 0.2) is 55.1 Å². The first kappa shape index (κ1) is 16.5. The Morgan fingerprint density at radius 1 is 1.17 bits per heavy atom. The van der Waals surface area contributed by atoms with Crippen LogP contribution in [0.2, 0.25) is 10.0 Å². The molecule has 24 heavy (non-hydrogen) atoms. The van der Waals surface area contributed by atoms with E-state index in [1.54, 1.807) is 36.8 Å². The molecule has 0 spiro atoms. The Hall–Kier alpha value is -2.37. The molecular weight excluding hydrogens is 349 g/mol. The van der Waals surface area contributed by atoms with Crippen LogP contribution in [0.4, 0.5) is 5.69 Å². The van der Waals surface area contributed by atoms with Crippen LogP contribution in [0.5, 0.6) is 0 Å². The van der Waals surface area contributed by atoms with Gasteiger partial charge in [0, 0.05) is 47.0 Å². The number of benzene rings is 2. The molecule has 0 atom stereocenters. The van der Waals surface area contributed by atoms with Gasteiger partial charge in [0.25, 0.3) is 5.69 Å². The third-order valence-electron chi connectivity index (χ3n) is 3.74. The number of rotatable bonds is 5. The Labute approximate surface area is 148 Å². The van der Waals surface area contributed by atoms with Gasteiger partial charge in [0.2, 0.25) is 0 Å². The van der Waals surface area contributed by atoms with Crippen LogP contribution in [-0.4, -0.2) is 14.5 Å². The molecule has 0 aliphatic carbocycles. The van der Waals surface area contributed by atoms with Crippen LogP contribution >= 0.6 is 23.2 Å². The molecule has 0 amide bonds. The van der Waals surface area contributed by atoms with Crippen molar-refractivity contribution in [1.82, 2.24) is 9.55 Å².